The van der Waals surface area contributed by atoms with E-state index in [1.165, 1.54) is 31.4 Å². The first-order valence-electron chi connectivity index (χ1n) is 15.4. The number of ether oxygens (including phenoxy) is 1. The summed E-state index contributed by atoms with van der Waals surface area (Å²) in [5, 5.41) is 20.0. The van der Waals surface area contributed by atoms with E-state index in [9.17, 15) is 42.3 Å². The minimum Gasteiger partial charge on any atom is -0.508 e. The van der Waals surface area contributed by atoms with Crippen molar-refractivity contribution in [1.29, 1.82) is 0 Å². The van der Waals surface area contributed by atoms with Gasteiger partial charge in [-0.1, -0.05) is 18.1 Å². The lowest BCUT2D eigenvalue weighted by Crippen LogP contribution is -2.60. The molecule has 2 aliphatic heterocycles. The molecular formula is C33H27Cl2F5N2O8. The molecular weight excluding hydrogens is 718 g/mol. The van der Waals surface area contributed by atoms with Gasteiger partial charge in [-0.2, -0.15) is 0 Å². The van der Waals surface area contributed by atoms with Crippen molar-refractivity contribution in [2.24, 2.45) is 17.8 Å². The van der Waals surface area contributed by atoms with Gasteiger partial charge in [0.2, 0.25) is 17.6 Å². The lowest BCUT2D eigenvalue weighted by molar-refractivity contribution is -0.141. The molecule has 4 amide bonds. The number of aliphatic carboxylic acids is 1. The highest BCUT2D eigenvalue weighted by atomic mass is 35.5. The van der Waals surface area contributed by atoms with E-state index in [2.05, 4.69) is 0 Å². The Morgan fingerprint density at radius 2 is 1.56 bits per heavy atom. The molecule has 6 rings (SSSR count). The number of likely N-dealkylation sites (tertiary alicyclic amines) is 1. The maximum atomic E-state index is 15.2. The molecule has 17 heteroatoms. The number of phenolic OH excluding ortho intramolecular Hbond substituents is 1. The Labute approximate surface area is 290 Å². The van der Waals surface area contributed by atoms with E-state index in [-0.39, 0.29) is 41.2 Å². The highest BCUT2D eigenvalue weighted by molar-refractivity contribution is 6.58. The number of carboxylic acid groups (broad SMARTS) is 1. The van der Waals surface area contributed by atoms with E-state index >= 15 is 8.78 Å². The van der Waals surface area contributed by atoms with Crippen LogP contribution in [-0.2, 0) is 24.0 Å². The smallest absolute Gasteiger partial charge is 0.303 e. The molecule has 2 aromatic carbocycles. The fraction of sp³-hybridized carbons (Fsp3) is 0.424. The highest BCUT2D eigenvalue weighted by Gasteiger charge is 2.77. The van der Waals surface area contributed by atoms with Crippen LogP contribution in [0.3, 0.4) is 0 Å². The van der Waals surface area contributed by atoms with Crippen LogP contribution < -0.4 is 9.64 Å². The van der Waals surface area contributed by atoms with Crippen LogP contribution in [0, 0.1) is 46.8 Å². The molecule has 4 aliphatic rings. The van der Waals surface area contributed by atoms with Crippen LogP contribution in [-0.4, -0.2) is 68.1 Å². The predicted molar refractivity (Wildman–Crippen MR) is 164 cm³/mol. The number of phenols is 1. The standard InChI is InChI=1S/C33H27Cl2F5N2O8/c1-50-13-6-9-18(43)16(11-13)21-14-7-8-15-20(29(47)41(28(15)46)10-4-2-3-5-19(44)45)17(14)12-32(34)30(48)42(31(49)33(21,32)35)27-25(39)23(37)22(36)24(38)26(27)40/h6-7,9,11,15,17,20-21,43H,2-5,8,10,12H2,1H3,(H,44,45)/t15-,17+,20-,21+,32+,33-/m0/s1. The Hall–Kier alpha value is -4.24. The third-order valence-electron chi connectivity index (χ3n) is 10.1. The van der Waals surface area contributed by atoms with Crippen molar-refractivity contribution in [2.45, 2.75) is 54.2 Å². The third kappa shape index (κ3) is 4.90. The number of rotatable bonds is 9. The summed E-state index contributed by atoms with van der Waals surface area (Å²) in [4.78, 5) is 62.1. The summed E-state index contributed by atoms with van der Waals surface area (Å²) in [6.07, 6.45) is 1.65. The molecule has 2 N–H and O–H groups in total. The average molecular weight is 745 g/mol. The molecule has 1 saturated carbocycles. The Morgan fingerprint density at radius 3 is 2.18 bits per heavy atom. The van der Waals surface area contributed by atoms with Crippen molar-refractivity contribution in [3.8, 4) is 11.5 Å². The quantitative estimate of drug-likeness (QED) is 0.0670. The van der Waals surface area contributed by atoms with Gasteiger partial charge in [0, 0.05) is 24.4 Å². The molecule has 266 valence electrons. The van der Waals surface area contributed by atoms with Gasteiger partial charge >= 0.3 is 5.97 Å². The predicted octanol–water partition coefficient (Wildman–Crippen LogP) is 5.30. The first kappa shape index (κ1) is 35.6. The van der Waals surface area contributed by atoms with Gasteiger partial charge in [-0.3, -0.25) is 28.9 Å². The summed E-state index contributed by atoms with van der Waals surface area (Å²) in [5.74, 6) is -23.3. The van der Waals surface area contributed by atoms with Crippen molar-refractivity contribution < 1.29 is 60.9 Å². The summed E-state index contributed by atoms with van der Waals surface area (Å²) in [7, 11) is 1.28. The SMILES string of the molecule is COc1ccc(O)c([C@H]2C3=CC[C@@H]4C(=O)N(CCCCCC(=O)O)C(=O)[C@@H]4[C@@H]3C[C@@]3(Cl)C(=O)N(c4c(F)c(F)c(F)c(F)c4F)C(=O)[C@@]23Cl)c1. The number of fused-ring (bicyclic) bond motifs is 4. The van der Waals surface area contributed by atoms with Gasteiger partial charge < -0.3 is 14.9 Å². The topological polar surface area (TPSA) is 142 Å². The molecule has 2 heterocycles. The van der Waals surface area contributed by atoms with Gasteiger partial charge in [-0.05, 0) is 49.8 Å². The molecule has 10 nitrogen and oxygen atoms in total. The highest BCUT2D eigenvalue weighted by Crippen LogP contribution is 2.66. The van der Waals surface area contributed by atoms with Crippen molar-refractivity contribution >= 4 is 58.5 Å². The average Bonchev–Trinajstić information content (AvgIpc) is 3.41. The van der Waals surface area contributed by atoms with E-state index < -0.39 is 110 Å². The van der Waals surface area contributed by atoms with Crippen LogP contribution in [0.1, 0.15) is 50.0 Å². The molecule has 3 fully saturated rings. The van der Waals surface area contributed by atoms with Crippen molar-refractivity contribution in [1.82, 2.24) is 4.90 Å². The molecule has 0 bridgehead atoms. The van der Waals surface area contributed by atoms with Crippen LogP contribution in [0.25, 0.3) is 0 Å². The van der Waals surface area contributed by atoms with Crippen molar-refractivity contribution in [2.75, 3.05) is 18.6 Å². The number of allylic oxidation sites excluding steroid dienone is 2. The Bertz CT molecular complexity index is 1880. The van der Waals surface area contributed by atoms with Crippen LogP contribution in [0.4, 0.5) is 27.6 Å². The Kier molecular flexibility index (Phi) is 8.91. The van der Waals surface area contributed by atoms with Gasteiger partial charge in [-0.15, -0.1) is 23.2 Å². The lowest BCUT2D eigenvalue weighted by Gasteiger charge is -2.50. The normalized spacial score (nSPS) is 28.8. The molecule has 50 heavy (non-hydrogen) atoms. The molecule has 2 aromatic rings. The number of benzene rings is 2. The monoisotopic (exact) mass is 744 g/mol. The zero-order valence-electron chi connectivity index (χ0n) is 26.0. The summed E-state index contributed by atoms with van der Waals surface area (Å²) in [5.41, 5.74) is -1.91. The van der Waals surface area contributed by atoms with Crippen LogP contribution >= 0.6 is 23.2 Å². The first-order valence-corrected chi connectivity index (χ1v) is 16.2. The summed E-state index contributed by atoms with van der Waals surface area (Å²) in [6, 6.07) is 3.76. The summed E-state index contributed by atoms with van der Waals surface area (Å²) >= 11 is 14.1. The number of amides is 4. The summed E-state index contributed by atoms with van der Waals surface area (Å²) < 4.78 is 78.4. The number of carbonyl (C=O) groups excluding carboxylic acids is 4. The number of carbonyl (C=O) groups is 5. The number of aromatic hydroxyl groups is 1. The van der Waals surface area contributed by atoms with Crippen LogP contribution in [0.15, 0.2) is 29.8 Å². The molecule has 6 atom stereocenters. The lowest BCUT2D eigenvalue weighted by atomic mass is 9.56. The third-order valence-corrected chi connectivity index (χ3v) is 11.5. The number of halogens is 7. The van der Waals surface area contributed by atoms with Crippen molar-refractivity contribution in [3.05, 3.63) is 64.5 Å². The number of hydrogen-bond acceptors (Lipinski definition) is 7. The number of methoxy groups -OCH3 is 1. The number of carboxylic acids is 1. The maximum absolute atomic E-state index is 15.2. The molecule has 2 aliphatic carbocycles. The second-order valence-corrected chi connectivity index (χ2v) is 13.9. The largest absolute Gasteiger partial charge is 0.508 e. The number of alkyl halides is 2. The Balaban J connectivity index is 1.49. The molecule has 0 spiro atoms. The van der Waals surface area contributed by atoms with E-state index in [4.69, 9.17) is 33.0 Å². The zero-order valence-corrected chi connectivity index (χ0v) is 27.5. The second kappa shape index (κ2) is 12.5. The van der Waals surface area contributed by atoms with E-state index in [1.807, 2.05) is 0 Å². The molecule has 0 unspecified atom stereocenters. The number of anilines is 1. The zero-order chi connectivity index (χ0) is 36.6. The van der Waals surface area contributed by atoms with Gasteiger partial charge in [0.05, 0.1) is 18.9 Å². The maximum Gasteiger partial charge on any atom is 0.303 e. The minimum atomic E-state index is -2.79. The Morgan fingerprint density at radius 1 is 0.920 bits per heavy atom. The van der Waals surface area contributed by atoms with E-state index in [1.54, 1.807) is 0 Å². The van der Waals surface area contributed by atoms with Crippen LogP contribution in [0.5, 0.6) is 11.5 Å². The second-order valence-electron chi connectivity index (χ2n) is 12.7. The van der Waals surface area contributed by atoms with Crippen molar-refractivity contribution in [3.63, 3.8) is 0 Å². The number of hydrogen-bond donors (Lipinski definition) is 2. The van der Waals surface area contributed by atoms with Gasteiger partial charge in [0.1, 0.15) is 17.2 Å². The van der Waals surface area contributed by atoms with E-state index in [0.717, 1.165) is 4.90 Å². The number of nitrogens with zero attached hydrogens (tertiary/aromatic N) is 2. The molecule has 0 radical (unpaired) electrons. The minimum absolute atomic E-state index is 0.0383. The van der Waals surface area contributed by atoms with Gasteiger partial charge in [0.15, 0.2) is 33.0 Å². The van der Waals surface area contributed by atoms with Crippen LogP contribution in [0.2, 0.25) is 0 Å². The number of imide groups is 2. The summed E-state index contributed by atoms with van der Waals surface area (Å²) in [6.45, 7) is -0.0383. The van der Waals surface area contributed by atoms with Gasteiger partial charge in [-0.25, -0.2) is 26.9 Å². The first-order chi connectivity index (χ1) is 23.5. The fourth-order valence-corrected chi connectivity index (χ4v) is 8.74. The fourth-order valence-electron chi connectivity index (χ4n) is 7.81. The van der Waals surface area contributed by atoms with Gasteiger partial charge in [0.25, 0.3) is 11.8 Å². The molecule has 2 saturated heterocycles. The molecule has 0 aromatic heterocycles. The van der Waals surface area contributed by atoms with E-state index in [0.29, 0.717) is 19.3 Å². The number of unbranched alkanes of at least 4 members (excludes halogenated alkanes) is 2.